The van der Waals surface area contributed by atoms with Gasteiger partial charge in [0.2, 0.25) is 5.91 Å². The van der Waals surface area contributed by atoms with Crippen molar-refractivity contribution in [1.82, 2.24) is 10.2 Å². The molecule has 0 aliphatic heterocycles. The molecule has 0 aromatic heterocycles. The third kappa shape index (κ3) is 9.76. The summed E-state index contributed by atoms with van der Waals surface area (Å²) >= 11 is 0. The van der Waals surface area contributed by atoms with E-state index >= 15 is 0 Å². The minimum atomic E-state index is -1.11. The number of alkyl carbamates (subject to hydrolysis) is 1. The van der Waals surface area contributed by atoms with Gasteiger partial charge in [0.25, 0.3) is 5.91 Å². The first-order chi connectivity index (χ1) is 18.4. The summed E-state index contributed by atoms with van der Waals surface area (Å²) in [5.74, 6) is -0.322. The van der Waals surface area contributed by atoms with Gasteiger partial charge in [0.1, 0.15) is 23.4 Å². The van der Waals surface area contributed by atoms with Crippen molar-refractivity contribution in [3.05, 3.63) is 66.2 Å². The standard InChI is InChI=1S/C30H41N3O6/c1-8-21-10-9-11-22(19-21)26(27(35)31-23-12-14-24(38-7)15-13-23)33(16-17-34)28(36)25(18-20(2)3)32-29(37)39-30(4,5)6/h8-15,19-20,25-26,34H,1,16-18H2,2-7H3,(H,31,35)(H,32,37). The predicted octanol–water partition coefficient (Wildman–Crippen LogP) is 4.78. The third-order valence-corrected chi connectivity index (χ3v) is 5.70. The van der Waals surface area contributed by atoms with Crippen molar-refractivity contribution in [1.29, 1.82) is 0 Å². The predicted molar refractivity (Wildman–Crippen MR) is 152 cm³/mol. The maximum absolute atomic E-state index is 14.0. The van der Waals surface area contributed by atoms with E-state index < -0.39 is 35.6 Å². The molecular weight excluding hydrogens is 498 g/mol. The highest BCUT2D eigenvalue weighted by Gasteiger charge is 2.36. The van der Waals surface area contributed by atoms with E-state index in [1.54, 1.807) is 76.4 Å². The van der Waals surface area contributed by atoms with Crippen molar-refractivity contribution in [2.75, 3.05) is 25.6 Å². The highest BCUT2D eigenvalue weighted by molar-refractivity contribution is 5.99. The molecule has 0 heterocycles. The van der Waals surface area contributed by atoms with E-state index in [1.165, 1.54) is 4.90 Å². The number of nitrogens with one attached hydrogen (secondary N) is 2. The Labute approximate surface area is 231 Å². The fourth-order valence-corrected chi connectivity index (χ4v) is 4.03. The normalized spacial score (nSPS) is 12.7. The Hall–Kier alpha value is -3.85. The summed E-state index contributed by atoms with van der Waals surface area (Å²) in [5, 5.41) is 15.5. The summed E-state index contributed by atoms with van der Waals surface area (Å²) in [6.07, 6.45) is 1.21. The molecule has 39 heavy (non-hydrogen) atoms. The van der Waals surface area contributed by atoms with Crippen LogP contribution in [-0.4, -0.2) is 59.8 Å². The molecule has 0 bridgehead atoms. The van der Waals surface area contributed by atoms with E-state index in [0.717, 1.165) is 5.56 Å². The van der Waals surface area contributed by atoms with E-state index in [-0.39, 0.29) is 19.1 Å². The highest BCUT2D eigenvalue weighted by atomic mass is 16.6. The van der Waals surface area contributed by atoms with Gasteiger partial charge in [0, 0.05) is 12.2 Å². The van der Waals surface area contributed by atoms with Gasteiger partial charge in [-0.2, -0.15) is 0 Å². The lowest BCUT2D eigenvalue weighted by atomic mass is 9.98. The van der Waals surface area contributed by atoms with Crippen molar-refractivity contribution < 1.29 is 29.0 Å². The second-order valence-corrected chi connectivity index (χ2v) is 10.6. The maximum Gasteiger partial charge on any atom is 0.408 e. The fourth-order valence-electron chi connectivity index (χ4n) is 4.03. The monoisotopic (exact) mass is 539 g/mol. The number of carbonyl (C=O) groups is 3. The fraction of sp³-hybridized carbons (Fsp3) is 0.433. The molecule has 2 aromatic rings. The Morgan fingerprint density at radius 3 is 2.31 bits per heavy atom. The summed E-state index contributed by atoms with van der Waals surface area (Å²) in [6, 6.07) is 11.8. The molecule has 2 rings (SSSR count). The summed E-state index contributed by atoms with van der Waals surface area (Å²) in [6.45, 7) is 12.3. The van der Waals surface area contributed by atoms with Crippen LogP contribution in [0, 0.1) is 5.92 Å². The van der Waals surface area contributed by atoms with E-state index in [1.807, 2.05) is 19.9 Å². The zero-order valence-electron chi connectivity index (χ0n) is 23.7. The summed E-state index contributed by atoms with van der Waals surface area (Å²) in [5.41, 5.74) is 1.04. The SMILES string of the molecule is C=Cc1cccc(C(C(=O)Nc2ccc(OC)cc2)N(CCO)C(=O)C(CC(C)C)NC(=O)OC(C)(C)C)c1. The largest absolute Gasteiger partial charge is 0.497 e. The van der Waals surface area contributed by atoms with Gasteiger partial charge in [0.15, 0.2) is 0 Å². The lowest BCUT2D eigenvalue weighted by Crippen LogP contribution is -2.53. The topological polar surface area (TPSA) is 117 Å². The maximum atomic E-state index is 14.0. The quantitative estimate of drug-likeness (QED) is 0.357. The van der Waals surface area contributed by atoms with Crippen molar-refractivity contribution in [3.8, 4) is 5.75 Å². The van der Waals surface area contributed by atoms with Crippen LogP contribution in [0.5, 0.6) is 5.75 Å². The Balaban J connectivity index is 2.51. The second-order valence-electron chi connectivity index (χ2n) is 10.6. The zero-order valence-corrected chi connectivity index (χ0v) is 23.7. The molecular formula is C30H41N3O6. The first-order valence-electron chi connectivity index (χ1n) is 13.0. The molecule has 9 heteroatoms. The molecule has 0 spiro atoms. The number of rotatable bonds is 12. The van der Waals surface area contributed by atoms with Crippen LogP contribution in [0.3, 0.4) is 0 Å². The van der Waals surface area contributed by atoms with Gasteiger partial charge < -0.3 is 30.1 Å². The van der Waals surface area contributed by atoms with E-state index in [4.69, 9.17) is 9.47 Å². The summed E-state index contributed by atoms with van der Waals surface area (Å²) < 4.78 is 10.6. The lowest BCUT2D eigenvalue weighted by Gasteiger charge is -2.34. The van der Waals surface area contributed by atoms with Crippen LogP contribution in [0.25, 0.3) is 6.08 Å². The van der Waals surface area contributed by atoms with Crippen molar-refractivity contribution in [2.45, 2.75) is 58.7 Å². The first-order valence-corrected chi connectivity index (χ1v) is 13.0. The van der Waals surface area contributed by atoms with Crippen LogP contribution in [0.15, 0.2) is 55.1 Å². The second kappa shape index (κ2) is 14.3. The number of hydrogen-bond acceptors (Lipinski definition) is 6. The summed E-state index contributed by atoms with van der Waals surface area (Å²) in [4.78, 5) is 41.7. The van der Waals surface area contributed by atoms with Gasteiger partial charge in [-0.25, -0.2) is 4.79 Å². The van der Waals surface area contributed by atoms with Crippen LogP contribution < -0.4 is 15.4 Å². The van der Waals surface area contributed by atoms with Crippen LogP contribution in [0.1, 0.15) is 58.2 Å². The molecule has 0 aliphatic carbocycles. The number of hydrogen-bond donors (Lipinski definition) is 3. The number of aliphatic hydroxyl groups is 1. The Morgan fingerprint density at radius 1 is 1.10 bits per heavy atom. The number of benzene rings is 2. The number of carbonyl (C=O) groups excluding carboxylic acids is 3. The molecule has 9 nitrogen and oxygen atoms in total. The molecule has 0 saturated heterocycles. The number of nitrogens with zero attached hydrogens (tertiary/aromatic N) is 1. The highest BCUT2D eigenvalue weighted by Crippen LogP contribution is 2.27. The molecule has 2 aromatic carbocycles. The number of ether oxygens (including phenoxy) is 2. The molecule has 3 N–H and O–H groups in total. The molecule has 212 valence electrons. The molecule has 3 amide bonds. The average Bonchev–Trinajstić information content (AvgIpc) is 2.86. The third-order valence-electron chi connectivity index (χ3n) is 5.70. The molecule has 0 fully saturated rings. The molecule has 0 aliphatic rings. The lowest BCUT2D eigenvalue weighted by molar-refractivity contribution is -0.141. The van der Waals surface area contributed by atoms with E-state index in [2.05, 4.69) is 17.2 Å². The smallest absolute Gasteiger partial charge is 0.408 e. The summed E-state index contributed by atoms with van der Waals surface area (Å²) in [7, 11) is 1.55. The Bertz CT molecular complexity index is 1120. The Kier molecular flexibility index (Phi) is 11.5. The van der Waals surface area contributed by atoms with Crippen LogP contribution in [0.4, 0.5) is 10.5 Å². The average molecular weight is 540 g/mol. The van der Waals surface area contributed by atoms with E-state index in [9.17, 15) is 19.5 Å². The van der Waals surface area contributed by atoms with Gasteiger partial charge in [-0.05, 0) is 74.6 Å². The molecule has 0 saturated carbocycles. The van der Waals surface area contributed by atoms with Crippen LogP contribution in [0.2, 0.25) is 0 Å². The van der Waals surface area contributed by atoms with Gasteiger partial charge >= 0.3 is 6.09 Å². The Morgan fingerprint density at radius 2 is 1.77 bits per heavy atom. The molecule has 0 radical (unpaired) electrons. The zero-order chi connectivity index (χ0) is 29.2. The van der Waals surface area contributed by atoms with Gasteiger partial charge in [-0.15, -0.1) is 0 Å². The van der Waals surface area contributed by atoms with Crippen LogP contribution >= 0.6 is 0 Å². The molecule has 2 unspecified atom stereocenters. The number of aliphatic hydroxyl groups excluding tert-OH is 1. The van der Waals surface area contributed by atoms with Crippen molar-refractivity contribution in [3.63, 3.8) is 0 Å². The van der Waals surface area contributed by atoms with Crippen LogP contribution in [-0.2, 0) is 14.3 Å². The number of amides is 3. The van der Waals surface area contributed by atoms with Crippen molar-refractivity contribution in [2.24, 2.45) is 5.92 Å². The van der Waals surface area contributed by atoms with Gasteiger partial charge in [0.05, 0.1) is 13.7 Å². The minimum absolute atomic E-state index is 0.0422. The van der Waals surface area contributed by atoms with E-state index in [0.29, 0.717) is 23.4 Å². The first kappa shape index (κ1) is 31.4. The molecule has 2 atom stereocenters. The van der Waals surface area contributed by atoms with Gasteiger partial charge in [-0.3, -0.25) is 9.59 Å². The van der Waals surface area contributed by atoms with Crippen molar-refractivity contribution >= 4 is 29.7 Å². The minimum Gasteiger partial charge on any atom is -0.497 e. The van der Waals surface area contributed by atoms with Gasteiger partial charge in [-0.1, -0.05) is 44.7 Å². The number of anilines is 1. The number of methoxy groups -OCH3 is 1.